The number of aromatic nitrogens is 2. The second-order valence-electron chi connectivity index (χ2n) is 8.91. The lowest BCUT2D eigenvalue weighted by molar-refractivity contribution is 0.0720. The lowest BCUT2D eigenvalue weighted by Gasteiger charge is -2.33. The number of benzene rings is 1. The van der Waals surface area contributed by atoms with Gasteiger partial charge in [0.1, 0.15) is 0 Å². The fourth-order valence-corrected chi connectivity index (χ4v) is 4.62. The van der Waals surface area contributed by atoms with Crippen LogP contribution in [0.15, 0.2) is 24.3 Å². The zero-order valence-corrected chi connectivity index (χ0v) is 18.7. The van der Waals surface area contributed by atoms with Gasteiger partial charge in [-0.15, -0.1) is 0 Å². The number of hydrogen-bond donors (Lipinski definition) is 1. The molecule has 1 amide bonds. The van der Waals surface area contributed by atoms with Gasteiger partial charge >= 0.3 is 0 Å². The van der Waals surface area contributed by atoms with Crippen molar-refractivity contribution < 1.29 is 14.6 Å². The topological polar surface area (TPSA) is 70.8 Å². The van der Waals surface area contributed by atoms with Crippen molar-refractivity contribution in [2.24, 2.45) is 5.92 Å². The van der Waals surface area contributed by atoms with E-state index in [9.17, 15) is 9.90 Å². The number of imidazole rings is 1. The predicted molar refractivity (Wildman–Crippen MR) is 121 cm³/mol. The Balaban J connectivity index is 1.61. The summed E-state index contributed by atoms with van der Waals surface area (Å²) in [5, 5.41) is 9.22. The molecule has 7 heteroatoms. The molecule has 1 aromatic heterocycles. The molecule has 168 valence electrons. The van der Waals surface area contributed by atoms with E-state index in [2.05, 4.69) is 31.2 Å². The third-order valence-electron chi connectivity index (χ3n) is 6.43. The molecule has 0 atom stereocenters. The summed E-state index contributed by atoms with van der Waals surface area (Å²) in [5.41, 5.74) is 2.88. The number of anilines is 1. The van der Waals surface area contributed by atoms with E-state index in [-0.39, 0.29) is 12.5 Å². The van der Waals surface area contributed by atoms with Crippen molar-refractivity contribution in [3.63, 3.8) is 0 Å². The SMILES string of the molecule is Cc1ccc(Cn2c(OCCC3CCCC3)nc3c2C(=O)N(CCCO)CN3C)cc1. The number of rotatable bonds is 9. The van der Waals surface area contributed by atoms with Crippen molar-refractivity contribution in [2.45, 2.75) is 52.0 Å². The smallest absolute Gasteiger partial charge is 0.299 e. The minimum Gasteiger partial charge on any atom is -0.465 e. The van der Waals surface area contributed by atoms with E-state index in [1.165, 1.54) is 31.2 Å². The number of ether oxygens (including phenoxy) is 1. The predicted octanol–water partition coefficient (Wildman–Crippen LogP) is 3.43. The van der Waals surface area contributed by atoms with E-state index < -0.39 is 0 Å². The Kier molecular flexibility index (Phi) is 6.80. The first-order valence-electron chi connectivity index (χ1n) is 11.5. The lowest BCUT2D eigenvalue weighted by Crippen LogP contribution is -2.46. The van der Waals surface area contributed by atoms with Crippen LogP contribution in [0.4, 0.5) is 5.82 Å². The maximum atomic E-state index is 13.3. The van der Waals surface area contributed by atoms with E-state index in [0.717, 1.165) is 17.9 Å². The van der Waals surface area contributed by atoms with Gasteiger partial charge in [-0.25, -0.2) is 0 Å². The average molecular weight is 427 g/mol. The Bertz CT molecular complexity index is 887. The van der Waals surface area contributed by atoms with Gasteiger partial charge in [0.15, 0.2) is 11.5 Å². The van der Waals surface area contributed by atoms with Crippen LogP contribution in [0.3, 0.4) is 0 Å². The summed E-state index contributed by atoms with van der Waals surface area (Å²) in [4.78, 5) is 21.8. The van der Waals surface area contributed by atoms with Crippen molar-refractivity contribution in [2.75, 3.05) is 38.4 Å². The zero-order valence-electron chi connectivity index (χ0n) is 18.7. The average Bonchev–Trinajstić information content (AvgIpc) is 3.40. The molecule has 0 unspecified atom stereocenters. The van der Waals surface area contributed by atoms with Crippen molar-refractivity contribution >= 4 is 11.7 Å². The quantitative estimate of drug-likeness (QED) is 0.665. The highest BCUT2D eigenvalue weighted by molar-refractivity contribution is 5.99. The molecule has 1 aliphatic heterocycles. The minimum atomic E-state index is -0.0493. The molecule has 2 aliphatic rings. The maximum Gasteiger partial charge on any atom is 0.299 e. The third kappa shape index (κ3) is 4.87. The highest BCUT2D eigenvalue weighted by atomic mass is 16.5. The molecule has 4 rings (SSSR count). The van der Waals surface area contributed by atoms with Crippen molar-refractivity contribution in [3.8, 4) is 6.01 Å². The number of nitrogens with zero attached hydrogens (tertiary/aromatic N) is 4. The van der Waals surface area contributed by atoms with Gasteiger partial charge in [-0.3, -0.25) is 9.36 Å². The number of aliphatic hydroxyl groups is 1. The molecule has 0 spiro atoms. The molecule has 1 fully saturated rings. The molecule has 0 bridgehead atoms. The van der Waals surface area contributed by atoms with Crippen LogP contribution in [-0.2, 0) is 6.54 Å². The molecular formula is C24H34N4O3. The minimum absolute atomic E-state index is 0.0493. The Hall–Kier alpha value is -2.54. The number of hydrogen-bond acceptors (Lipinski definition) is 5. The van der Waals surface area contributed by atoms with Gasteiger partial charge in [-0.05, 0) is 31.2 Å². The van der Waals surface area contributed by atoms with Gasteiger partial charge in [-0.2, -0.15) is 4.98 Å². The maximum absolute atomic E-state index is 13.3. The van der Waals surface area contributed by atoms with Crippen LogP contribution in [-0.4, -0.2) is 58.9 Å². The number of fused-ring (bicyclic) bond motifs is 1. The molecule has 0 radical (unpaired) electrons. The van der Waals surface area contributed by atoms with Crippen LogP contribution >= 0.6 is 0 Å². The number of amides is 1. The van der Waals surface area contributed by atoms with E-state index in [1.807, 2.05) is 16.5 Å². The van der Waals surface area contributed by atoms with Crippen LogP contribution in [0.2, 0.25) is 0 Å². The van der Waals surface area contributed by atoms with Crippen molar-refractivity contribution in [3.05, 3.63) is 41.1 Å². The molecule has 2 heterocycles. The van der Waals surface area contributed by atoms with Crippen LogP contribution in [0, 0.1) is 12.8 Å². The van der Waals surface area contributed by atoms with E-state index in [1.54, 1.807) is 4.90 Å². The van der Waals surface area contributed by atoms with Gasteiger partial charge < -0.3 is 19.6 Å². The summed E-state index contributed by atoms with van der Waals surface area (Å²) < 4.78 is 8.10. The first-order valence-corrected chi connectivity index (χ1v) is 11.5. The highest BCUT2D eigenvalue weighted by Gasteiger charge is 2.34. The number of aliphatic hydroxyl groups excluding tert-OH is 1. The molecule has 0 saturated heterocycles. The van der Waals surface area contributed by atoms with Crippen LogP contribution in [0.25, 0.3) is 0 Å². The monoisotopic (exact) mass is 426 g/mol. The summed E-state index contributed by atoms with van der Waals surface area (Å²) in [6, 6.07) is 8.87. The highest BCUT2D eigenvalue weighted by Crippen LogP contribution is 2.32. The van der Waals surface area contributed by atoms with Crippen LogP contribution in [0.5, 0.6) is 6.01 Å². The second kappa shape index (κ2) is 9.73. The molecular weight excluding hydrogens is 392 g/mol. The van der Waals surface area contributed by atoms with Crippen molar-refractivity contribution in [1.29, 1.82) is 0 Å². The van der Waals surface area contributed by atoms with E-state index in [4.69, 9.17) is 9.72 Å². The standard InChI is InChI=1S/C24H34N4O3/c1-18-8-10-20(11-9-18)16-28-21-22(26(2)17-27(23(21)30)13-5-14-29)25-24(28)31-15-12-19-6-3-4-7-19/h8-11,19,29H,3-7,12-17H2,1-2H3. The first-order chi connectivity index (χ1) is 15.1. The molecule has 7 nitrogen and oxygen atoms in total. The zero-order chi connectivity index (χ0) is 21.8. The van der Waals surface area contributed by atoms with E-state index >= 15 is 0 Å². The van der Waals surface area contributed by atoms with Crippen LogP contribution < -0.4 is 9.64 Å². The fraction of sp³-hybridized carbons (Fsp3) is 0.583. The second-order valence-corrected chi connectivity index (χ2v) is 8.91. The van der Waals surface area contributed by atoms with Gasteiger partial charge in [0.25, 0.3) is 11.9 Å². The molecule has 2 aromatic rings. The van der Waals surface area contributed by atoms with Gasteiger partial charge in [-0.1, -0.05) is 55.5 Å². The van der Waals surface area contributed by atoms with Gasteiger partial charge in [0.2, 0.25) is 0 Å². The summed E-state index contributed by atoms with van der Waals surface area (Å²) in [5.74, 6) is 1.37. The Morgan fingerprint density at radius 2 is 1.94 bits per heavy atom. The number of carbonyl (C=O) groups excluding carboxylic acids is 1. The summed E-state index contributed by atoms with van der Waals surface area (Å²) in [6.45, 7) is 4.29. The van der Waals surface area contributed by atoms with E-state index in [0.29, 0.717) is 50.3 Å². The Labute approximate surface area is 184 Å². The van der Waals surface area contributed by atoms with Crippen molar-refractivity contribution in [1.82, 2.24) is 14.5 Å². The largest absolute Gasteiger partial charge is 0.465 e. The number of carbonyl (C=O) groups is 1. The summed E-state index contributed by atoms with van der Waals surface area (Å²) >= 11 is 0. The molecule has 1 N–H and O–H groups in total. The first kappa shape index (κ1) is 21.7. The normalized spacial score (nSPS) is 16.8. The third-order valence-corrected chi connectivity index (χ3v) is 6.43. The lowest BCUT2D eigenvalue weighted by atomic mass is 10.1. The molecule has 1 aliphatic carbocycles. The van der Waals surface area contributed by atoms with Gasteiger partial charge in [0.05, 0.1) is 19.8 Å². The summed E-state index contributed by atoms with van der Waals surface area (Å²) in [6.07, 6.45) is 6.83. The van der Waals surface area contributed by atoms with Gasteiger partial charge in [0, 0.05) is 20.2 Å². The molecule has 1 aromatic carbocycles. The molecule has 1 saturated carbocycles. The Morgan fingerprint density at radius 3 is 2.65 bits per heavy atom. The van der Waals surface area contributed by atoms with Crippen LogP contribution in [0.1, 0.15) is 60.1 Å². The Morgan fingerprint density at radius 1 is 1.19 bits per heavy atom. The summed E-state index contributed by atoms with van der Waals surface area (Å²) in [7, 11) is 1.95. The molecule has 31 heavy (non-hydrogen) atoms. The number of aryl methyl sites for hydroxylation is 1. The fourth-order valence-electron chi connectivity index (χ4n) is 4.62.